The fourth-order valence-corrected chi connectivity index (χ4v) is 3.72. The average Bonchev–Trinajstić information content (AvgIpc) is 2.82. The van der Waals surface area contributed by atoms with Crippen LogP contribution in [0.5, 0.6) is 0 Å². The van der Waals surface area contributed by atoms with Crippen LogP contribution in [-0.2, 0) is 11.6 Å². The molecule has 0 saturated carbocycles. The van der Waals surface area contributed by atoms with Crippen LogP contribution in [0.25, 0.3) is 10.2 Å². The minimum absolute atomic E-state index is 0.0691. The van der Waals surface area contributed by atoms with Crippen molar-refractivity contribution in [2.45, 2.75) is 31.4 Å². The third kappa shape index (κ3) is 2.42. The Balaban J connectivity index is 2.02. The first-order valence-corrected chi connectivity index (χ1v) is 7.39. The number of nitrogens with zero attached hydrogens (tertiary/aromatic N) is 1. The Morgan fingerprint density at radius 2 is 2.15 bits per heavy atom. The van der Waals surface area contributed by atoms with Crippen LogP contribution in [0.1, 0.15) is 30.3 Å². The highest BCUT2D eigenvalue weighted by atomic mass is 32.1. The van der Waals surface area contributed by atoms with Gasteiger partial charge in [0, 0.05) is 12.0 Å². The van der Waals surface area contributed by atoms with Crippen molar-refractivity contribution in [1.82, 2.24) is 10.3 Å². The van der Waals surface area contributed by atoms with Gasteiger partial charge in [0.15, 0.2) is 0 Å². The van der Waals surface area contributed by atoms with E-state index in [-0.39, 0.29) is 5.41 Å². The van der Waals surface area contributed by atoms with E-state index in [1.807, 2.05) is 0 Å². The van der Waals surface area contributed by atoms with Crippen molar-refractivity contribution in [1.29, 1.82) is 0 Å². The lowest BCUT2D eigenvalue weighted by molar-refractivity contribution is -0.137. The molecule has 108 valence electrons. The highest BCUT2D eigenvalue weighted by Crippen LogP contribution is 2.38. The lowest BCUT2D eigenvalue weighted by Gasteiger charge is -2.32. The zero-order valence-corrected chi connectivity index (χ0v) is 11.9. The summed E-state index contributed by atoms with van der Waals surface area (Å²) in [5.41, 5.74) is -0.249. The second kappa shape index (κ2) is 4.70. The number of alkyl halides is 3. The summed E-state index contributed by atoms with van der Waals surface area (Å²) in [5.74, 6) is 0. The zero-order chi connectivity index (χ0) is 14.4. The van der Waals surface area contributed by atoms with Gasteiger partial charge in [-0.3, -0.25) is 0 Å². The molecule has 2 heterocycles. The van der Waals surface area contributed by atoms with Crippen LogP contribution >= 0.6 is 11.3 Å². The third-order valence-electron chi connectivity index (χ3n) is 3.83. The summed E-state index contributed by atoms with van der Waals surface area (Å²) >= 11 is 1.50. The van der Waals surface area contributed by atoms with E-state index in [2.05, 4.69) is 17.2 Å². The van der Waals surface area contributed by atoms with Gasteiger partial charge in [-0.25, -0.2) is 4.98 Å². The van der Waals surface area contributed by atoms with Crippen molar-refractivity contribution in [2.75, 3.05) is 13.1 Å². The quantitative estimate of drug-likeness (QED) is 0.862. The molecular weight excluding hydrogens is 285 g/mol. The summed E-state index contributed by atoms with van der Waals surface area (Å²) < 4.78 is 39.0. The number of hydrogen-bond acceptors (Lipinski definition) is 3. The van der Waals surface area contributed by atoms with Gasteiger partial charge in [0.05, 0.1) is 15.8 Å². The fourth-order valence-electron chi connectivity index (χ4n) is 2.60. The summed E-state index contributed by atoms with van der Waals surface area (Å²) in [6.07, 6.45) is -2.22. The van der Waals surface area contributed by atoms with Crippen LogP contribution in [0.4, 0.5) is 13.2 Å². The lowest BCUT2D eigenvalue weighted by atomic mass is 9.83. The fraction of sp³-hybridized carbons (Fsp3) is 0.500. The monoisotopic (exact) mass is 300 g/mol. The highest BCUT2D eigenvalue weighted by molar-refractivity contribution is 7.18. The Morgan fingerprint density at radius 3 is 2.80 bits per heavy atom. The number of aromatic nitrogens is 1. The molecule has 1 fully saturated rings. The van der Waals surface area contributed by atoms with Crippen LogP contribution in [-0.4, -0.2) is 18.1 Å². The van der Waals surface area contributed by atoms with E-state index in [0.717, 1.165) is 47.8 Å². The van der Waals surface area contributed by atoms with Crippen molar-refractivity contribution in [3.05, 3.63) is 28.8 Å². The first kappa shape index (κ1) is 13.8. The van der Waals surface area contributed by atoms with Crippen molar-refractivity contribution in [2.24, 2.45) is 0 Å². The van der Waals surface area contributed by atoms with E-state index in [4.69, 9.17) is 0 Å². The Kier molecular flexibility index (Phi) is 3.25. The van der Waals surface area contributed by atoms with Gasteiger partial charge in [-0.1, -0.05) is 6.92 Å². The van der Waals surface area contributed by atoms with Crippen molar-refractivity contribution < 1.29 is 13.2 Å². The largest absolute Gasteiger partial charge is 0.416 e. The zero-order valence-electron chi connectivity index (χ0n) is 11.0. The SMILES string of the molecule is CC1(c2nc3cc(C(F)(F)F)ccc3s2)CCCNC1. The Bertz CT molecular complexity index is 627. The summed E-state index contributed by atoms with van der Waals surface area (Å²) in [4.78, 5) is 4.46. The Hall–Kier alpha value is -1.14. The Morgan fingerprint density at radius 1 is 1.35 bits per heavy atom. The first-order valence-electron chi connectivity index (χ1n) is 6.57. The van der Waals surface area contributed by atoms with Crippen molar-refractivity contribution in [3.63, 3.8) is 0 Å². The second-order valence-electron chi connectivity index (χ2n) is 5.54. The van der Waals surface area contributed by atoms with E-state index in [0.29, 0.717) is 5.52 Å². The van der Waals surface area contributed by atoms with E-state index < -0.39 is 11.7 Å². The molecule has 1 saturated heterocycles. The molecule has 0 spiro atoms. The molecule has 3 rings (SSSR count). The van der Waals surface area contributed by atoms with Crippen LogP contribution < -0.4 is 5.32 Å². The molecule has 20 heavy (non-hydrogen) atoms. The molecule has 1 aliphatic heterocycles. The molecule has 2 aromatic rings. The molecule has 1 aromatic carbocycles. The van der Waals surface area contributed by atoms with E-state index in [1.165, 1.54) is 17.4 Å². The number of nitrogens with one attached hydrogen (secondary N) is 1. The molecule has 6 heteroatoms. The molecule has 1 atom stereocenters. The van der Waals surface area contributed by atoms with Crippen LogP contribution in [0.15, 0.2) is 18.2 Å². The summed E-state index contributed by atoms with van der Waals surface area (Å²) in [6, 6.07) is 3.81. The van der Waals surface area contributed by atoms with E-state index >= 15 is 0 Å². The molecule has 2 nitrogen and oxygen atoms in total. The molecule has 0 amide bonds. The molecule has 1 aromatic heterocycles. The number of rotatable bonds is 1. The average molecular weight is 300 g/mol. The maximum atomic E-state index is 12.7. The third-order valence-corrected chi connectivity index (χ3v) is 5.17. The van der Waals surface area contributed by atoms with Gasteiger partial charge in [0.1, 0.15) is 5.01 Å². The molecule has 1 aliphatic rings. The number of fused-ring (bicyclic) bond motifs is 1. The lowest BCUT2D eigenvalue weighted by Crippen LogP contribution is -2.40. The minimum atomic E-state index is -4.31. The van der Waals surface area contributed by atoms with E-state index in [1.54, 1.807) is 0 Å². The molecular formula is C14H15F3N2S. The van der Waals surface area contributed by atoms with Crippen LogP contribution in [0, 0.1) is 0 Å². The predicted octanol–water partition coefficient (Wildman–Crippen LogP) is 3.96. The van der Waals surface area contributed by atoms with Gasteiger partial charge >= 0.3 is 6.18 Å². The smallest absolute Gasteiger partial charge is 0.316 e. The minimum Gasteiger partial charge on any atom is -0.316 e. The molecule has 1 unspecified atom stereocenters. The number of piperidine rings is 1. The summed E-state index contributed by atoms with van der Waals surface area (Å²) in [6.45, 7) is 3.96. The van der Waals surface area contributed by atoms with E-state index in [9.17, 15) is 13.2 Å². The van der Waals surface area contributed by atoms with Crippen LogP contribution in [0.3, 0.4) is 0 Å². The van der Waals surface area contributed by atoms with Gasteiger partial charge in [-0.05, 0) is 37.6 Å². The van der Waals surface area contributed by atoms with Gasteiger partial charge in [0.2, 0.25) is 0 Å². The van der Waals surface area contributed by atoms with Gasteiger partial charge in [-0.2, -0.15) is 13.2 Å². The van der Waals surface area contributed by atoms with Gasteiger partial charge in [0.25, 0.3) is 0 Å². The Labute approximate surface area is 119 Å². The maximum absolute atomic E-state index is 12.7. The standard InChI is InChI=1S/C14H15F3N2S/c1-13(5-2-6-18-8-13)12-19-10-7-9(14(15,16)17)3-4-11(10)20-12/h3-4,7,18H,2,5-6,8H2,1H3. The topological polar surface area (TPSA) is 24.9 Å². The number of thiazole rings is 1. The van der Waals surface area contributed by atoms with Gasteiger partial charge < -0.3 is 5.32 Å². The predicted molar refractivity (Wildman–Crippen MR) is 74.1 cm³/mol. The normalized spacial score (nSPS) is 24.2. The van der Waals surface area contributed by atoms with Crippen molar-refractivity contribution >= 4 is 21.6 Å². The second-order valence-corrected chi connectivity index (χ2v) is 6.57. The number of halogens is 3. The maximum Gasteiger partial charge on any atom is 0.416 e. The number of benzene rings is 1. The molecule has 0 radical (unpaired) electrons. The van der Waals surface area contributed by atoms with Crippen LogP contribution in [0.2, 0.25) is 0 Å². The summed E-state index contributed by atoms with van der Waals surface area (Å²) in [7, 11) is 0. The number of hydrogen-bond donors (Lipinski definition) is 1. The van der Waals surface area contributed by atoms with Crippen molar-refractivity contribution in [3.8, 4) is 0 Å². The molecule has 0 bridgehead atoms. The molecule has 0 aliphatic carbocycles. The molecule has 1 N–H and O–H groups in total. The summed E-state index contributed by atoms with van der Waals surface area (Å²) in [5, 5.41) is 4.27. The van der Waals surface area contributed by atoms with Gasteiger partial charge in [-0.15, -0.1) is 11.3 Å². The first-order chi connectivity index (χ1) is 9.38. The highest BCUT2D eigenvalue weighted by Gasteiger charge is 2.33.